The molecule has 25 heavy (non-hydrogen) atoms. The minimum absolute atomic E-state index is 0.0354. The number of thioether (sulfide) groups is 1. The van der Waals surface area contributed by atoms with E-state index in [1.165, 1.54) is 12.3 Å². The number of nitrogen functional groups attached to an aromatic ring is 1. The highest BCUT2D eigenvalue weighted by molar-refractivity contribution is 8.00. The minimum atomic E-state index is -1.28. The summed E-state index contributed by atoms with van der Waals surface area (Å²) in [6.07, 6.45) is -1.54. The number of nitrogens with zero attached hydrogens (tertiary/aromatic N) is 2. The smallest absolute Gasteiger partial charge is 0.350 e. The second-order valence-electron chi connectivity index (χ2n) is 5.50. The van der Waals surface area contributed by atoms with Crippen molar-refractivity contribution in [3.8, 4) is 0 Å². The van der Waals surface area contributed by atoms with Crippen LogP contribution < -0.4 is 22.9 Å². The van der Waals surface area contributed by atoms with Gasteiger partial charge in [-0.05, 0) is 6.07 Å². The fraction of sp³-hybridized carbons (Fsp3) is 0.538. The molecule has 1 fully saturated rings. The molecule has 2 heterocycles. The van der Waals surface area contributed by atoms with Gasteiger partial charge in [-0.15, -0.1) is 11.8 Å². The summed E-state index contributed by atoms with van der Waals surface area (Å²) in [6, 6.07) is 0.183. The lowest BCUT2D eigenvalue weighted by molar-refractivity contribution is -0.147. The molecule has 1 aliphatic heterocycles. The molecule has 1 amide bonds. The number of carbonyl (C=O) groups is 2. The summed E-state index contributed by atoms with van der Waals surface area (Å²) in [7, 11) is 0. The molecule has 2 unspecified atom stereocenters. The molecule has 0 bridgehead atoms. The van der Waals surface area contributed by atoms with Crippen LogP contribution in [0.5, 0.6) is 0 Å². The van der Waals surface area contributed by atoms with Gasteiger partial charge in [0.1, 0.15) is 29.9 Å². The molecule has 0 radical (unpaired) electrons. The standard InChI is InChI=1S/C13H19N5O6S/c14-5(3-8(16)19)12(22)24-4-6-9(20)10(21)11(25-6)18-2-1-7(15)17-13(18)23/h1-2,5-6,9-11,20-21H,3-4,14H2,(H2,16,19)(H2,15,17,23)/t5-,6+,9?,10?,11+/m0/s1. The molecule has 12 heteroatoms. The highest BCUT2D eigenvalue weighted by Gasteiger charge is 2.44. The Bertz CT molecular complexity index is 712. The normalized spacial score (nSPS) is 27.0. The van der Waals surface area contributed by atoms with Gasteiger partial charge in [0.05, 0.1) is 17.8 Å². The molecule has 1 aliphatic rings. The van der Waals surface area contributed by atoms with Gasteiger partial charge in [-0.25, -0.2) is 4.79 Å². The van der Waals surface area contributed by atoms with Crippen molar-refractivity contribution in [1.29, 1.82) is 0 Å². The van der Waals surface area contributed by atoms with Crippen LogP contribution in [0.4, 0.5) is 5.82 Å². The van der Waals surface area contributed by atoms with Gasteiger partial charge >= 0.3 is 11.7 Å². The number of anilines is 1. The number of carbonyl (C=O) groups excluding carboxylic acids is 2. The Labute approximate surface area is 146 Å². The maximum Gasteiger partial charge on any atom is 0.350 e. The van der Waals surface area contributed by atoms with Crippen molar-refractivity contribution in [3.63, 3.8) is 0 Å². The molecular weight excluding hydrogens is 354 g/mol. The first kappa shape index (κ1) is 19.2. The van der Waals surface area contributed by atoms with Gasteiger partial charge in [-0.3, -0.25) is 14.2 Å². The van der Waals surface area contributed by atoms with Crippen LogP contribution in [-0.2, 0) is 14.3 Å². The SMILES string of the molecule is NC(=O)C[C@H](N)C(=O)OC[C@H]1S[C@@H](n2ccc(N)nc2=O)C(O)C1O. The van der Waals surface area contributed by atoms with Gasteiger partial charge in [-0.1, -0.05) is 0 Å². The Kier molecular flexibility index (Phi) is 6.00. The van der Waals surface area contributed by atoms with E-state index in [4.69, 9.17) is 21.9 Å². The van der Waals surface area contributed by atoms with Crippen LogP contribution >= 0.6 is 11.8 Å². The van der Waals surface area contributed by atoms with Crippen LogP contribution in [0.15, 0.2) is 17.1 Å². The zero-order valence-corrected chi connectivity index (χ0v) is 13.8. The Balaban J connectivity index is 2.01. The number of aliphatic hydroxyl groups is 2. The van der Waals surface area contributed by atoms with Gasteiger partial charge in [0.25, 0.3) is 0 Å². The lowest BCUT2D eigenvalue weighted by Crippen LogP contribution is -2.39. The maximum atomic E-state index is 11.9. The summed E-state index contributed by atoms with van der Waals surface area (Å²) in [5.74, 6) is -1.56. The highest BCUT2D eigenvalue weighted by atomic mass is 32.2. The van der Waals surface area contributed by atoms with Gasteiger partial charge in [0.2, 0.25) is 5.91 Å². The number of nitrogens with two attached hydrogens (primary N) is 3. The van der Waals surface area contributed by atoms with E-state index in [-0.39, 0.29) is 18.8 Å². The fourth-order valence-corrected chi connectivity index (χ4v) is 3.73. The van der Waals surface area contributed by atoms with Crippen molar-refractivity contribution >= 4 is 29.5 Å². The van der Waals surface area contributed by atoms with E-state index < -0.39 is 46.4 Å². The van der Waals surface area contributed by atoms with Crippen LogP contribution in [0.1, 0.15) is 11.8 Å². The number of aromatic nitrogens is 2. The lowest BCUT2D eigenvalue weighted by atomic mass is 10.1. The van der Waals surface area contributed by atoms with E-state index in [9.17, 15) is 24.6 Å². The molecule has 0 saturated carbocycles. The molecule has 1 aromatic rings. The number of ether oxygens (including phenoxy) is 1. The second kappa shape index (κ2) is 7.82. The van der Waals surface area contributed by atoms with Crippen molar-refractivity contribution in [2.45, 2.75) is 35.3 Å². The molecule has 138 valence electrons. The minimum Gasteiger partial charge on any atom is -0.463 e. The quantitative estimate of drug-likeness (QED) is 0.318. The predicted octanol–water partition coefficient (Wildman–Crippen LogP) is -3.09. The van der Waals surface area contributed by atoms with Crippen LogP contribution in [-0.4, -0.2) is 61.7 Å². The fourth-order valence-electron chi connectivity index (χ4n) is 2.29. The van der Waals surface area contributed by atoms with Crippen LogP contribution in [0.25, 0.3) is 0 Å². The summed E-state index contributed by atoms with van der Waals surface area (Å²) >= 11 is 1.04. The average molecular weight is 373 g/mol. The molecule has 0 aliphatic carbocycles. The number of hydrogen-bond donors (Lipinski definition) is 5. The molecule has 8 N–H and O–H groups in total. The Morgan fingerprint density at radius 2 is 2.08 bits per heavy atom. The third-order valence-electron chi connectivity index (χ3n) is 3.58. The topological polar surface area (TPSA) is 197 Å². The molecule has 0 spiro atoms. The molecule has 1 aromatic heterocycles. The van der Waals surface area contributed by atoms with Gasteiger partial charge < -0.3 is 32.2 Å². The van der Waals surface area contributed by atoms with Crippen molar-refractivity contribution in [2.24, 2.45) is 11.5 Å². The first-order valence-electron chi connectivity index (χ1n) is 7.27. The van der Waals surface area contributed by atoms with Gasteiger partial charge in [-0.2, -0.15) is 4.98 Å². The van der Waals surface area contributed by atoms with E-state index in [0.29, 0.717) is 0 Å². The third-order valence-corrected chi connectivity index (χ3v) is 5.13. The molecule has 5 atom stereocenters. The number of rotatable bonds is 6. The average Bonchev–Trinajstić information content (AvgIpc) is 2.80. The Morgan fingerprint density at radius 1 is 1.40 bits per heavy atom. The number of aliphatic hydroxyl groups excluding tert-OH is 2. The van der Waals surface area contributed by atoms with Gasteiger partial charge in [0.15, 0.2) is 0 Å². The number of amides is 1. The predicted molar refractivity (Wildman–Crippen MR) is 88.1 cm³/mol. The molecular formula is C13H19N5O6S. The van der Waals surface area contributed by atoms with Crippen molar-refractivity contribution in [2.75, 3.05) is 12.3 Å². The molecule has 1 saturated heterocycles. The first-order valence-corrected chi connectivity index (χ1v) is 8.21. The largest absolute Gasteiger partial charge is 0.463 e. The van der Waals surface area contributed by atoms with Crippen LogP contribution in [0.3, 0.4) is 0 Å². The van der Waals surface area contributed by atoms with Crippen molar-refractivity contribution in [1.82, 2.24) is 9.55 Å². The van der Waals surface area contributed by atoms with Crippen molar-refractivity contribution < 1.29 is 24.5 Å². The zero-order chi connectivity index (χ0) is 18.7. The summed E-state index contributed by atoms with van der Waals surface area (Å²) in [6.45, 7) is -0.262. The summed E-state index contributed by atoms with van der Waals surface area (Å²) in [5.41, 5.74) is 15.1. The Morgan fingerprint density at radius 3 is 2.68 bits per heavy atom. The van der Waals surface area contributed by atoms with Crippen LogP contribution in [0.2, 0.25) is 0 Å². The van der Waals surface area contributed by atoms with Crippen molar-refractivity contribution in [3.05, 3.63) is 22.7 Å². The highest BCUT2D eigenvalue weighted by Crippen LogP contribution is 2.41. The van der Waals surface area contributed by atoms with E-state index in [0.717, 1.165) is 16.3 Å². The van der Waals surface area contributed by atoms with Crippen LogP contribution in [0, 0.1) is 0 Å². The molecule has 0 aromatic carbocycles. The summed E-state index contributed by atoms with van der Waals surface area (Å²) in [4.78, 5) is 37.8. The van der Waals surface area contributed by atoms with E-state index >= 15 is 0 Å². The lowest BCUT2D eigenvalue weighted by Gasteiger charge is -2.17. The van der Waals surface area contributed by atoms with Gasteiger partial charge in [0, 0.05) is 6.20 Å². The Hall–Kier alpha value is -2.15. The zero-order valence-electron chi connectivity index (χ0n) is 13.0. The maximum absolute atomic E-state index is 11.9. The second-order valence-corrected chi connectivity index (χ2v) is 6.86. The summed E-state index contributed by atoms with van der Waals surface area (Å²) in [5, 5.41) is 18.7. The summed E-state index contributed by atoms with van der Waals surface area (Å²) < 4.78 is 6.09. The molecule has 11 nitrogen and oxygen atoms in total. The monoisotopic (exact) mass is 373 g/mol. The number of hydrogen-bond acceptors (Lipinski definition) is 10. The van der Waals surface area contributed by atoms with E-state index in [1.807, 2.05) is 0 Å². The number of esters is 1. The van der Waals surface area contributed by atoms with E-state index in [2.05, 4.69) is 4.98 Å². The number of primary amides is 1. The van der Waals surface area contributed by atoms with E-state index in [1.54, 1.807) is 0 Å². The third kappa shape index (κ3) is 4.48. The molecule has 2 rings (SSSR count). The first-order chi connectivity index (χ1) is 11.7.